The van der Waals surface area contributed by atoms with Crippen molar-refractivity contribution >= 4 is 29.7 Å². The van der Waals surface area contributed by atoms with Crippen LogP contribution < -0.4 is 33.6 Å². The molecule has 0 unspecified atom stereocenters. The van der Waals surface area contributed by atoms with Crippen molar-refractivity contribution < 1.29 is 24.3 Å². The molecule has 0 aromatic carbocycles. The van der Waals surface area contributed by atoms with Crippen molar-refractivity contribution in [2.45, 2.75) is 31.3 Å². The van der Waals surface area contributed by atoms with Crippen LogP contribution in [0.5, 0.6) is 0 Å². The van der Waals surface area contributed by atoms with E-state index in [0.717, 1.165) is 0 Å². The summed E-state index contributed by atoms with van der Waals surface area (Å²) in [4.78, 5) is 48.6. The Kier molecular flexibility index (Phi) is 9.48. The second-order valence-electron chi connectivity index (χ2n) is 4.90. The van der Waals surface area contributed by atoms with E-state index in [4.69, 9.17) is 28.0 Å². The lowest BCUT2D eigenvalue weighted by molar-refractivity contribution is -0.143. The standard InChI is InChI=1S/C12H23N7O5/c13-6(2-1-3-17-12(15)16)10(22)18-5-9(21)19-7(11(23)24)4-8(14)20/h6-7H,1-5,13H2,(H2,14,20)(H,18,22)(H,19,21)(H,23,24)(H4,15,16,17)/t6-,7-/m0/s1. The molecule has 0 heterocycles. The Morgan fingerprint density at radius 1 is 1.12 bits per heavy atom. The number of aliphatic imine (C=N–C) groups is 1. The van der Waals surface area contributed by atoms with Crippen molar-refractivity contribution in [1.29, 1.82) is 0 Å². The van der Waals surface area contributed by atoms with Crippen molar-refractivity contribution in [3.05, 3.63) is 0 Å². The molecule has 0 rings (SSSR count). The Balaban J connectivity index is 4.19. The van der Waals surface area contributed by atoms with Gasteiger partial charge in [0.2, 0.25) is 17.7 Å². The molecular weight excluding hydrogens is 322 g/mol. The van der Waals surface area contributed by atoms with E-state index in [0.29, 0.717) is 19.4 Å². The van der Waals surface area contributed by atoms with Crippen LogP contribution in [0.15, 0.2) is 4.99 Å². The van der Waals surface area contributed by atoms with Crippen LogP contribution in [0.3, 0.4) is 0 Å². The predicted molar refractivity (Wildman–Crippen MR) is 84.3 cm³/mol. The lowest BCUT2D eigenvalue weighted by atomic mass is 10.1. The number of carbonyl (C=O) groups excluding carboxylic acids is 3. The summed E-state index contributed by atoms with van der Waals surface area (Å²) in [5.41, 5.74) is 20.8. The van der Waals surface area contributed by atoms with Crippen LogP contribution in [0.1, 0.15) is 19.3 Å². The van der Waals surface area contributed by atoms with Gasteiger partial charge in [-0.05, 0) is 12.8 Å². The van der Waals surface area contributed by atoms with Gasteiger partial charge in [0.15, 0.2) is 5.96 Å². The SMILES string of the molecule is NC(=O)C[C@H](NC(=O)CNC(=O)[C@@H](N)CCCN=C(N)N)C(=O)O. The Morgan fingerprint density at radius 3 is 2.25 bits per heavy atom. The highest BCUT2D eigenvalue weighted by atomic mass is 16.4. The summed E-state index contributed by atoms with van der Waals surface area (Å²) in [5, 5.41) is 13.2. The van der Waals surface area contributed by atoms with E-state index in [-0.39, 0.29) is 5.96 Å². The van der Waals surface area contributed by atoms with E-state index in [9.17, 15) is 19.2 Å². The summed E-state index contributed by atoms with van der Waals surface area (Å²) in [7, 11) is 0. The molecule has 0 aliphatic heterocycles. The van der Waals surface area contributed by atoms with E-state index in [1.807, 2.05) is 0 Å². The Bertz CT molecular complexity index is 504. The third kappa shape index (κ3) is 9.94. The van der Waals surface area contributed by atoms with Crippen LogP contribution in [-0.2, 0) is 19.2 Å². The lowest BCUT2D eigenvalue weighted by Crippen LogP contribution is -2.49. The van der Waals surface area contributed by atoms with Gasteiger partial charge in [0.1, 0.15) is 6.04 Å². The van der Waals surface area contributed by atoms with E-state index in [2.05, 4.69) is 15.6 Å². The maximum absolute atomic E-state index is 11.7. The number of amides is 3. The van der Waals surface area contributed by atoms with Gasteiger partial charge in [0.25, 0.3) is 0 Å². The predicted octanol–water partition coefficient (Wildman–Crippen LogP) is -4.07. The van der Waals surface area contributed by atoms with Crippen molar-refractivity contribution in [2.75, 3.05) is 13.1 Å². The number of carboxylic acid groups (broad SMARTS) is 1. The molecule has 24 heavy (non-hydrogen) atoms. The summed E-state index contributed by atoms with van der Waals surface area (Å²) in [6.45, 7) is -0.166. The first-order valence-corrected chi connectivity index (χ1v) is 7.02. The summed E-state index contributed by atoms with van der Waals surface area (Å²) in [5.74, 6) is -3.73. The number of hydrogen-bond donors (Lipinski definition) is 7. The number of carboxylic acids is 1. The molecule has 0 saturated carbocycles. The third-order valence-electron chi connectivity index (χ3n) is 2.77. The summed E-state index contributed by atoms with van der Waals surface area (Å²) < 4.78 is 0. The fraction of sp³-hybridized carbons (Fsp3) is 0.583. The summed E-state index contributed by atoms with van der Waals surface area (Å²) >= 11 is 0. The fourth-order valence-corrected chi connectivity index (χ4v) is 1.60. The number of carbonyl (C=O) groups is 4. The van der Waals surface area contributed by atoms with E-state index in [1.54, 1.807) is 0 Å². The van der Waals surface area contributed by atoms with Gasteiger partial charge in [-0.1, -0.05) is 0 Å². The second kappa shape index (κ2) is 10.8. The van der Waals surface area contributed by atoms with Crippen LogP contribution >= 0.6 is 0 Å². The Labute approximate surface area is 138 Å². The first-order valence-electron chi connectivity index (χ1n) is 7.02. The van der Waals surface area contributed by atoms with Crippen LogP contribution in [0, 0.1) is 0 Å². The van der Waals surface area contributed by atoms with Crippen molar-refractivity contribution in [2.24, 2.45) is 27.9 Å². The fourth-order valence-electron chi connectivity index (χ4n) is 1.60. The van der Waals surface area contributed by atoms with Gasteiger partial charge in [-0.15, -0.1) is 0 Å². The second-order valence-corrected chi connectivity index (χ2v) is 4.90. The monoisotopic (exact) mass is 345 g/mol. The number of aliphatic carboxylic acids is 1. The Hall–Kier alpha value is -2.89. The van der Waals surface area contributed by atoms with E-state index >= 15 is 0 Å². The van der Waals surface area contributed by atoms with Gasteiger partial charge in [-0.2, -0.15) is 0 Å². The van der Waals surface area contributed by atoms with Crippen LogP contribution in [-0.4, -0.2) is 59.9 Å². The average Bonchev–Trinajstić information content (AvgIpc) is 2.47. The molecule has 0 aliphatic rings. The maximum atomic E-state index is 11.7. The molecule has 0 bridgehead atoms. The first kappa shape index (κ1) is 21.1. The molecule has 0 aromatic rings. The molecule has 12 nitrogen and oxygen atoms in total. The molecule has 0 radical (unpaired) electrons. The molecule has 2 atom stereocenters. The maximum Gasteiger partial charge on any atom is 0.326 e. The Morgan fingerprint density at radius 2 is 1.75 bits per heavy atom. The highest BCUT2D eigenvalue weighted by Crippen LogP contribution is 1.95. The minimum atomic E-state index is -1.46. The molecule has 0 fully saturated rings. The molecular formula is C12H23N7O5. The summed E-state index contributed by atoms with van der Waals surface area (Å²) in [6.07, 6.45) is 0.210. The number of nitrogens with zero attached hydrogens (tertiary/aromatic N) is 1. The minimum absolute atomic E-state index is 0.0614. The van der Waals surface area contributed by atoms with Gasteiger partial charge in [0, 0.05) is 6.54 Å². The van der Waals surface area contributed by atoms with Crippen LogP contribution in [0.4, 0.5) is 0 Å². The van der Waals surface area contributed by atoms with Gasteiger partial charge < -0.3 is 38.7 Å². The smallest absolute Gasteiger partial charge is 0.326 e. The zero-order valence-electron chi connectivity index (χ0n) is 13.0. The van der Waals surface area contributed by atoms with Crippen molar-refractivity contribution in [1.82, 2.24) is 10.6 Å². The number of guanidine groups is 1. The van der Waals surface area contributed by atoms with Gasteiger partial charge in [0.05, 0.1) is 19.0 Å². The zero-order valence-corrected chi connectivity index (χ0v) is 13.0. The molecule has 0 spiro atoms. The molecule has 12 heteroatoms. The molecule has 136 valence electrons. The highest BCUT2D eigenvalue weighted by Gasteiger charge is 2.22. The third-order valence-corrected chi connectivity index (χ3v) is 2.77. The molecule has 3 amide bonds. The van der Waals surface area contributed by atoms with Gasteiger partial charge >= 0.3 is 5.97 Å². The van der Waals surface area contributed by atoms with Crippen molar-refractivity contribution in [3.8, 4) is 0 Å². The molecule has 0 saturated heterocycles. The number of primary amides is 1. The number of nitrogens with two attached hydrogens (primary N) is 4. The topological polar surface area (TPSA) is 229 Å². The van der Waals surface area contributed by atoms with Gasteiger partial charge in [-0.3, -0.25) is 19.4 Å². The summed E-state index contributed by atoms with van der Waals surface area (Å²) in [6, 6.07) is -2.33. The van der Waals surface area contributed by atoms with Gasteiger partial charge in [-0.25, -0.2) is 4.79 Å². The van der Waals surface area contributed by atoms with E-state index in [1.165, 1.54) is 0 Å². The number of rotatable bonds is 11. The number of hydrogen-bond acceptors (Lipinski definition) is 6. The highest BCUT2D eigenvalue weighted by molar-refractivity contribution is 5.91. The largest absolute Gasteiger partial charge is 0.480 e. The minimum Gasteiger partial charge on any atom is -0.480 e. The average molecular weight is 345 g/mol. The zero-order chi connectivity index (χ0) is 18.7. The first-order chi connectivity index (χ1) is 11.1. The molecule has 0 aliphatic carbocycles. The molecule has 0 aromatic heterocycles. The van der Waals surface area contributed by atoms with E-state index < -0.39 is 48.7 Å². The van der Waals surface area contributed by atoms with Crippen LogP contribution in [0.25, 0.3) is 0 Å². The normalized spacial score (nSPS) is 12.5. The quantitative estimate of drug-likeness (QED) is 0.110. The lowest BCUT2D eigenvalue weighted by Gasteiger charge is -2.14. The number of nitrogens with one attached hydrogen (secondary N) is 2. The van der Waals surface area contributed by atoms with Crippen LogP contribution in [0.2, 0.25) is 0 Å². The van der Waals surface area contributed by atoms with Crippen molar-refractivity contribution in [3.63, 3.8) is 0 Å². The molecule has 11 N–H and O–H groups in total.